The van der Waals surface area contributed by atoms with Gasteiger partial charge in [-0.1, -0.05) is 136 Å². The van der Waals surface area contributed by atoms with Crippen LogP contribution in [0.5, 0.6) is 0 Å². The van der Waals surface area contributed by atoms with Crippen molar-refractivity contribution in [3.63, 3.8) is 0 Å². The molecule has 5 heteroatoms. The summed E-state index contributed by atoms with van der Waals surface area (Å²) in [6.45, 7) is 17.5. The first-order chi connectivity index (χ1) is 20.2. The molecule has 2 aromatic carbocycles. The minimum atomic E-state index is 0.355. The third kappa shape index (κ3) is 10.7. The van der Waals surface area contributed by atoms with Gasteiger partial charge >= 0.3 is 0 Å². The molecular formula is C37H50BBrN2S. The quantitative estimate of drug-likeness (QED) is 0.105. The van der Waals surface area contributed by atoms with Gasteiger partial charge in [-0.3, -0.25) is 0 Å². The van der Waals surface area contributed by atoms with E-state index in [9.17, 15) is 0 Å². The number of benzene rings is 2. The van der Waals surface area contributed by atoms with Crippen LogP contribution in [0, 0.1) is 17.8 Å². The maximum atomic E-state index is 4.56. The topological polar surface area (TPSA) is 17.8 Å². The van der Waals surface area contributed by atoms with Gasteiger partial charge in [-0.25, -0.2) is 4.98 Å². The molecule has 3 atom stereocenters. The van der Waals surface area contributed by atoms with Gasteiger partial charge in [0.15, 0.2) is 0 Å². The predicted octanol–water partition coefficient (Wildman–Crippen LogP) is 10.0. The standard InChI is InChI=1S/C20H30N2.C17H20BBrS/c1-5-18(14-17(4)13-16(2)3)15-22-12-11-21-20(22)19-9-7-6-8-10-19;1-13(2)16-10-12-20-17(16)18(11-9-14(3)19)15-7-5-4-6-8-15/h6-12,16-18H,5,13-15H2,1-4H3;4-14H,1-3H3. The summed E-state index contributed by atoms with van der Waals surface area (Å²) in [5.74, 6) is 6.31. The van der Waals surface area contributed by atoms with Crippen LogP contribution in [0.1, 0.15) is 79.2 Å². The number of allylic oxidation sites excluding steroid dienone is 1. The van der Waals surface area contributed by atoms with Crippen molar-refractivity contribution in [2.45, 2.75) is 85.0 Å². The molecule has 42 heavy (non-hydrogen) atoms. The number of thiophene rings is 1. The molecule has 0 aliphatic carbocycles. The molecule has 4 rings (SSSR count). The fourth-order valence-corrected chi connectivity index (χ4v) is 7.10. The van der Waals surface area contributed by atoms with Crippen LogP contribution >= 0.6 is 27.3 Å². The maximum Gasteiger partial charge on any atom is 0.246 e. The number of hydrogen-bond acceptors (Lipinski definition) is 2. The van der Waals surface area contributed by atoms with Crippen LogP contribution < -0.4 is 10.2 Å². The number of halogens is 1. The summed E-state index contributed by atoms with van der Waals surface area (Å²) >= 11 is 5.47. The van der Waals surface area contributed by atoms with Gasteiger partial charge in [0.05, 0.1) is 0 Å². The molecule has 0 aliphatic rings. The van der Waals surface area contributed by atoms with E-state index in [1.807, 2.05) is 17.5 Å². The third-order valence-electron chi connectivity index (χ3n) is 7.75. The molecule has 0 radical (unpaired) electrons. The second-order valence-corrected chi connectivity index (χ2v) is 14.8. The van der Waals surface area contributed by atoms with Crippen LogP contribution in [0.2, 0.25) is 0 Å². The first-order valence-electron chi connectivity index (χ1n) is 15.7. The summed E-state index contributed by atoms with van der Waals surface area (Å²) in [6.07, 6.45) is 10.1. The summed E-state index contributed by atoms with van der Waals surface area (Å²) in [4.78, 5) is 4.96. The number of rotatable bonds is 13. The van der Waals surface area contributed by atoms with Gasteiger partial charge in [0.2, 0.25) is 6.71 Å². The van der Waals surface area contributed by atoms with Crippen molar-refractivity contribution in [3.05, 3.63) is 102 Å². The molecule has 0 fully saturated rings. The fraction of sp³-hybridized carbons (Fsp3) is 0.432. The highest BCUT2D eigenvalue weighted by molar-refractivity contribution is 9.09. The molecule has 0 aliphatic heterocycles. The van der Waals surface area contributed by atoms with E-state index in [2.05, 4.69) is 164 Å². The predicted molar refractivity (Wildman–Crippen MR) is 192 cm³/mol. The molecule has 0 bridgehead atoms. The van der Waals surface area contributed by atoms with Crippen molar-refractivity contribution in [3.8, 4) is 11.4 Å². The normalized spacial score (nSPS) is 13.7. The van der Waals surface area contributed by atoms with Crippen molar-refractivity contribution < 1.29 is 0 Å². The lowest BCUT2D eigenvalue weighted by Crippen LogP contribution is -2.41. The molecule has 0 saturated heterocycles. The molecule has 0 amide bonds. The Hall–Kier alpha value is -2.37. The van der Waals surface area contributed by atoms with E-state index < -0.39 is 0 Å². The van der Waals surface area contributed by atoms with E-state index in [4.69, 9.17) is 0 Å². The third-order valence-corrected chi connectivity index (χ3v) is 9.07. The van der Waals surface area contributed by atoms with Crippen molar-refractivity contribution in [2.75, 3.05) is 0 Å². The lowest BCUT2D eigenvalue weighted by atomic mass is 9.43. The average Bonchev–Trinajstić information content (AvgIpc) is 3.64. The Kier molecular flexibility index (Phi) is 14.4. The minimum Gasteiger partial charge on any atom is -0.331 e. The number of nitrogens with zero attached hydrogens (tertiary/aromatic N) is 2. The smallest absolute Gasteiger partial charge is 0.246 e. The molecule has 2 nitrogen and oxygen atoms in total. The molecule has 2 heterocycles. The highest BCUT2D eigenvalue weighted by Crippen LogP contribution is 2.25. The van der Waals surface area contributed by atoms with Crippen LogP contribution in [0.25, 0.3) is 11.4 Å². The first kappa shape index (κ1) is 34.1. The molecule has 0 saturated carbocycles. The van der Waals surface area contributed by atoms with Crippen LogP contribution in [0.4, 0.5) is 0 Å². The Morgan fingerprint density at radius 2 is 1.57 bits per heavy atom. The Morgan fingerprint density at radius 3 is 2.17 bits per heavy atom. The zero-order valence-corrected chi connectivity index (χ0v) is 29.1. The average molecular weight is 646 g/mol. The second-order valence-electron chi connectivity index (χ2n) is 12.4. The molecule has 4 aromatic rings. The Morgan fingerprint density at radius 1 is 0.905 bits per heavy atom. The zero-order chi connectivity index (χ0) is 30.5. The molecular weight excluding hydrogens is 595 g/mol. The Bertz CT molecular complexity index is 1310. The summed E-state index contributed by atoms with van der Waals surface area (Å²) in [7, 11) is 0. The molecule has 0 N–H and O–H groups in total. The highest BCUT2D eigenvalue weighted by Gasteiger charge is 2.22. The molecule has 224 valence electrons. The van der Waals surface area contributed by atoms with Gasteiger partial charge in [0.25, 0.3) is 0 Å². The van der Waals surface area contributed by atoms with E-state index in [0.717, 1.165) is 30.1 Å². The Labute approximate surface area is 268 Å². The lowest BCUT2D eigenvalue weighted by Gasteiger charge is -2.22. The summed E-state index contributed by atoms with van der Waals surface area (Å²) in [5.41, 5.74) is 4.04. The van der Waals surface area contributed by atoms with Crippen molar-refractivity contribution in [1.82, 2.24) is 9.55 Å². The van der Waals surface area contributed by atoms with Crippen LogP contribution in [0.15, 0.2) is 96.6 Å². The maximum absolute atomic E-state index is 4.56. The highest BCUT2D eigenvalue weighted by atomic mass is 79.9. The van der Waals surface area contributed by atoms with E-state index >= 15 is 0 Å². The van der Waals surface area contributed by atoms with Crippen LogP contribution in [-0.2, 0) is 6.54 Å². The molecule has 0 spiro atoms. The number of hydrogen-bond donors (Lipinski definition) is 0. The van der Waals surface area contributed by atoms with Crippen LogP contribution in [-0.4, -0.2) is 21.1 Å². The first-order valence-corrected chi connectivity index (χ1v) is 17.5. The zero-order valence-electron chi connectivity index (χ0n) is 26.7. The van der Waals surface area contributed by atoms with Gasteiger partial charge in [-0.15, -0.1) is 5.98 Å². The largest absolute Gasteiger partial charge is 0.331 e. The van der Waals surface area contributed by atoms with E-state index in [-0.39, 0.29) is 0 Å². The summed E-state index contributed by atoms with van der Waals surface area (Å²) < 4.78 is 3.79. The van der Waals surface area contributed by atoms with Crippen molar-refractivity contribution >= 4 is 44.2 Å². The van der Waals surface area contributed by atoms with Gasteiger partial charge < -0.3 is 4.57 Å². The van der Waals surface area contributed by atoms with E-state index in [0.29, 0.717) is 17.5 Å². The van der Waals surface area contributed by atoms with E-state index in [1.54, 1.807) is 0 Å². The minimum absolute atomic E-state index is 0.355. The SMILES string of the molecule is CC(Br)C=CB(c1ccccc1)c1sccc1C(C)C.CCC(CC(C)CC(C)C)Cn1ccnc1-c1ccccc1. The van der Waals surface area contributed by atoms with Crippen molar-refractivity contribution in [2.24, 2.45) is 17.8 Å². The molecule has 2 aromatic heterocycles. The monoisotopic (exact) mass is 644 g/mol. The van der Waals surface area contributed by atoms with E-state index in [1.165, 1.54) is 40.6 Å². The lowest BCUT2D eigenvalue weighted by molar-refractivity contribution is 0.308. The van der Waals surface area contributed by atoms with Crippen LogP contribution in [0.3, 0.4) is 0 Å². The van der Waals surface area contributed by atoms with Gasteiger partial charge in [-0.05, 0) is 65.2 Å². The van der Waals surface area contributed by atoms with Gasteiger partial charge in [0, 0.05) is 29.3 Å². The number of imidazole rings is 1. The number of alkyl halides is 1. The molecule has 3 unspecified atom stereocenters. The van der Waals surface area contributed by atoms with Gasteiger partial charge in [-0.2, -0.15) is 11.3 Å². The number of aromatic nitrogens is 2. The second kappa shape index (κ2) is 17.7. The summed E-state index contributed by atoms with van der Waals surface area (Å²) in [5, 5.41) is 2.21. The van der Waals surface area contributed by atoms with Crippen molar-refractivity contribution in [1.29, 1.82) is 0 Å². The van der Waals surface area contributed by atoms with Gasteiger partial charge in [0.1, 0.15) is 5.82 Å². The fourth-order valence-electron chi connectivity index (χ4n) is 5.76. The summed E-state index contributed by atoms with van der Waals surface area (Å²) in [6, 6.07) is 23.5. The Balaban J connectivity index is 0.000000231.